The number of hydrogen-bond donors (Lipinski definition) is 0. The number of aliphatic imine (C=N–C) groups is 1. The minimum Gasteiger partial charge on any atom is -0.489 e. The van der Waals surface area contributed by atoms with Crippen LogP contribution in [0.5, 0.6) is 11.5 Å². The van der Waals surface area contributed by atoms with Gasteiger partial charge >= 0.3 is 0 Å². The molecule has 0 bridgehead atoms. The summed E-state index contributed by atoms with van der Waals surface area (Å²) in [6, 6.07) is 32.6. The van der Waals surface area contributed by atoms with Crippen LogP contribution in [-0.2, 0) is 13.2 Å². The Hall–Kier alpha value is -4.27. The maximum Gasteiger partial charge on any atom is 0.119 e. The second kappa shape index (κ2) is 15.8. The second-order valence-corrected chi connectivity index (χ2v) is 13.2. The van der Waals surface area contributed by atoms with Crippen LogP contribution < -0.4 is 9.47 Å². The number of benzene rings is 4. The standard InChI is InChI=1S/C38H41N2O2P/c1-6-30-8-12-34(13-9-30)26-41-36-20-16-32(17-21-36)24-39-28-38(3,4)29-43(5)40-25-33-18-22-37(23-19-33)42-27-35-14-10-31(7-2)11-15-35/h6-25H,1-2,26-29H2,3-5H3. The SMILES string of the molecule is C=Cc1ccc(COc2ccc(C=NCC(C)(C)CP(C)N=Cc3ccc(OCc4ccc(C=C)cc4)cc3)cc2)cc1. The molecule has 43 heavy (non-hydrogen) atoms. The normalized spacial score (nSPS) is 12.3. The fourth-order valence-electron chi connectivity index (χ4n) is 4.41. The highest BCUT2D eigenvalue weighted by Gasteiger charge is 2.20. The third-order valence-electron chi connectivity index (χ3n) is 6.82. The van der Waals surface area contributed by atoms with Crippen molar-refractivity contribution >= 4 is 32.7 Å². The van der Waals surface area contributed by atoms with Gasteiger partial charge in [-0.2, -0.15) is 0 Å². The summed E-state index contributed by atoms with van der Waals surface area (Å²) in [7, 11) is -0.507. The van der Waals surface area contributed by atoms with Crippen LogP contribution in [0.25, 0.3) is 12.2 Å². The van der Waals surface area contributed by atoms with Gasteiger partial charge in [0.2, 0.25) is 0 Å². The van der Waals surface area contributed by atoms with Crippen LogP contribution in [0.2, 0.25) is 0 Å². The van der Waals surface area contributed by atoms with E-state index in [-0.39, 0.29) is 5.41 Å². The molecule has 0 N–H and O–H groups in total. The Bertz CT molecular complexity index is 1500. The van der Waals surface area contributed by atoms with Crippen LogP contribution in [0.4, 0.5) is 0 Å². The maximum absolute atomic E-state index is 5.93. The Morgan fingerprint density at radius 1 is 0.628 bits per heavy atom. The molecule has 0 amide bonds. The van der Waals surface area contributed by atoms with Crippen LogP contribution in [0.1, 0.15) is 47.2 Å². The molecule has 0 fully saturated rings. The first kappa shape index (κ1) is 31.7. The van der Waals surface area contributed by atoms with Gasteiger partial charge in [0.15, 0.2) is 0 Å². The molecule has 0 aromatic heterocycles. The fourth-order valence-corrected chi connectivity index (χ4v) is 6.16. The van der Waals surface area contributed by atoms with Gasteiger partial charge in [0.05, 0.1) is 0 Å². The molecule has 0 radical (unpaired) electrons. The van der Waals surface area contributed by atoms with E-state index in [0.29, 0.717) is 13.2 Å². The molecular formula is C38H41N2O2P. The minimum atomic E-state index is -0.507. The Balaban J connectivity index is 1.19. The monoisotopic (exact) mass is 588 g/mol. The quantitative estimate of drug-likeness (QED) is 0.102. The summed E-state index contributed by atoms with van der Waals surface area (Å²) in [4.78, 5) is 4.75. The molecule has 5 heteroatoms. The van der Waals surface area contributed by atoms with Crippen LogP contribution in [-0.4, -0.2) is 31.8 Å². The van der Waals surface area contributed by atoms with Crippen molar-refractivity contribution in [1.29, 1.82) is 0 Å². The lowest BCUT2D eigenvalue weighted by atomic mass is 9.97. The van der Waals surface area contributed by atoms with E-state index < -0.39 is 8.07 Å². The van der Waals surface area contributed by atoms with Crippen LogP contribution >= 0.6 is 8.07 Å². The van der Waals surface area contributed by atoms with Crippen molar-refractivity contribution in [2.24, 2.45) is 15.2 Å². The Morgan fingerprint density at radius 3 is 1.49 bits per heavy atom. The molecule has 0 heterocycles. The molecule has 0 spiro atoms. The molecule has 4 aromatic carbocycles. The lowest BCUT2D eigenvalue weighted by Gasteiger charge is -2.24. The lowest BCUT2D eigenvalue weighted by Crippen LogP contribution is -2.19. The van der Waals surface area contributed by atoms with Crippen LogP contribution in [0, 0.1) is 5.41 Å². The maximum atomic E-state index is 5.93. The van der Waals surface area contributed by atoms with Crippen molar-refractivity contribution in [3.05, 3.63) is 144 Å². The fraction of sp³-hybridized carbons (Fsp3) is 0.211. The van der Waals surface area contributed by atoms with Gasteiger partial charge in [0.1, 0.15) is 24.7 Å². The zero-order valence-electron chi connectivity index (χ0n) is 25.4. The molecule has 4 aromatic rings. The minimum absolute atomic E-state index is 0.0556. The smallest absolute Gasteiger partial charge is 0.119 e. The van der Waals surface area contributed by atoms with Gasteiger partial charge in [-0.25, -0.2) is 0 Å². The topological polar surface area (TPSA) is 43.2 Å². The molecule has 4 nitrogen and oxygen atoms in total. The van der Waals surface area contributed by atoms with Crippen molar-refractivity contribution in [2.45, 2.75) is 27.1 Å². The van der Waals surface area contributed by atoms with Gasteiger partial charge < -0.3 is 9.47 Å². The Kier molecular flexibility index (Phi) is 11.6. The predicted molar refractivity (Wildman–Crippen MR) is 186 cm³/mol. The third kappa shape index (κ3) is 10.8. The summed E-state index contributed by atoms with van der Waals surface area (Å²) in [6.45, 7) is 16.1. The zero-order chi connectivity index (χ0) is 30.5. The zero-order valence-corrected chi connectivity index (χ0v) is 26.3. The van der Waals surface area contributed by atoms with Gasteiger partial charge in [-0.15, -0.1) is 0 Å². The first-order chi connectivity index (χ1) is 20.8. The molecule has 1 unspecified atom stereocenters. The Morgan fingerprint density at radius 2 is 1.05 bits per heavy atom. The van der Waals surface area contributed by atoms with Crippen LogP contribution in [0.15, 0.2) is 120 Å². The molecule has 0 aliphatic carbocycles. The summed E-state index contributed by atoms with van der Waals surface area (Å²) in [5.41, 5.74) is 6.66. The van der Waals surface area contributed by atoms with Crippen molar-refractivity contribution in [3.8, 4) is 11.5 Å². The van der Waals surface area contributed by atoms with E-state index in [1.165, 1.54) is 0 Å². The Labute approximate surface area is 258 Å². The lowest BCUT2D eigenvalue weighted by molar-refractivity contribution is 0.306. The number of rotatable bonds is 15. The summed E-state index contributed by atoms with van der Waals surface area (Å²) < 4.78 is 16.7. The molecule has 220 valence electrons. The van der Waals surface area contributed by atoms with Gasteiger partial charge in [-0.05, 0) is 100 Å². The molecule has 0 saturated carbocycles. The third-order valence-corrected chi connectivity index (χ3v) is 8.65. The van der Waals surface area contributed by atoms with E-state index in [1.54, 1.807) is 0 Å². The molecular weight excluding hydrogens is 547 g/mol. The number of hydrogen-bond acceptors (Lipinski definition) is 4. The van der Waals surface area contributed by atoms with E-state index in [4.69, 9.17) is 19.2 Å². The van der Waals surface area contributed by atoms with Gasteiger partial charge in [-0.1, -0.05) is 87.7 Å². The van der Waals surface area contributed by atoms with Crippen molar-refractivity contribution < 1.29 is 9.47 Å². The first-order valence-electron chi connectivity index (χ1n) is 14.5. The molecule has 4 rings (SSSR count). The highest BCUT2D eigenvalue weighted by atomic mass is 31.1. The first-order valence-corrected chi connectivity index (χ1v) is 16.4. The molecule has 0 saturated heterocycles. The summed E-state index contributed by atoms with van der Waals surface area (Å²) in [5.74, 6) is 1.69. The summed E-state index contributed by atoms with van der Waals surface area (Å²) in [6.07, 6.45) is 8.60. The summed E-state index contributed by atoms with van der Waals surface area (Å²) in [5, 5.41) is 0. The van der Waals surface area contributed by atoms with E-state index >= 15 is 0 Å². The second-order valence-electron chi connectivity index (χ2n) is 11.3. The van der Waals surface area contributed by atoms with Gasteiger partial charge in [-0.3, -0.25) is 9.76 Å². The van der Waals surface area contributed by atoms with Gasteiger partial charge in [0.25, 0.3) is 0 Å². The van der Waals surface area contributed by atoms with E-state index in [0.717, 1.165) is 57.6 Å². The highest BCUT2D eigenvalue weighted by molar-refractivity contribution is 7.55. The van der Waals surface area contributed by atoms with Crippen LogP contribution in [0.3, 0.4) is 0 Å². The highest BCUT2D eigenvalue weighted by Crippen LogP contribution is 2.39. The van der Waals surface area contributed by atoms with E-state index in [1.807, 2.05) is 85.2 Å². The predicted octanol–water partition coefficient (Wildman–Crippen LogP) is 9.72. The van der Waals surface area contributed by atoms with Crippen molar-refractivity contribution in [1.82, 2.24) is 0 Å². The average Bonchev–Trinajstić information content (AvgIpc) is 3.03. The van der Waals surface area contributed by atoms with Gasteiger partial charge in [0, 0.05) is 27.0 Å². The van der Waals surface area contributed by atoms with E-state index in [2.05, 4.69) is 70.1 Å². The van der Waals surface area contributed by atoms with E-state index in [9.17, 15) is 0 Å². The summed E-state index contributed by atoms with van der Waals surface area (Å²) >= 11 is 0. The van der Waals surface area contributed by atoms with Crippen molar-refractivity contribution in [3.63, 3.8) is 0 Å². The molecule has 0 aliphatic rings. The average molecular weight is 589 g/mol. The molecule has 0 aliphatic heterocycles. The number of nitrogens with zero attached hydrogens (tertiary/aromatic N) is 2. The van der Waals surface area contributed by atoms with Crippen molar-refractivity contribution in [2.75, 3.05) is 19.4 Å². The number of ether oxygens (including phenoxy) is 2. The largest absolute Gasteiger partial charge is 0.489 e. The molecule has 1 atom stereocenters.